The summed E-state index contributed by atoms with van der Waals surface area (Å²) < 4.78 is 55.7. The van der Waals surface area contributed by atoms with Crippen molar-refractivity contribution < 1.29 is 31.1 Å². The first-order valence-corrected chi connectivity index (χ1v) is 27.6. The zero-order valence-electron chi connectivity index (χ0n) is 57.1. The van der Waals surface area contributed by atoms with Crippen LogP contribution in [0.5, 0.6) is 0 Å². The highest BCUT2D eigenvalue weighted by Gasteiger charge is 2.19. The van der Waals surface area contributed by atoms with Gasteiger partial charge in [0.15, 0.2) is 30.0 Å². The smallest absolute Gasteiger partial charge is 0.201 e. The maximum absolute atomic E-state index is 7.55. The van der Waals surface area contributed by atoms with Gasteiger partial charge in [0, 0.05) is 107 Å². The van der Waals surface area contributed by atoms with Gasteiger partial charge in [0.1, 0.15) is 35.2 Å². The minimum atomic E-state index is -2.06. The highest BCUT2D eigenvalue weighted by atomic mass is 15.0. The molecule has 5 aromatic carbocycles. The Morgan fingerprint density at radius 3 is 1.00 bits per heavy atom. The SMILES string of the molecule is Cc1cc(-c2ccccc2C)[n+](C)cc1C.Cc1cc(C)c(-c2ccccc2C)[n+](C)c1.Cc1ccccc1-c1ccc(C)c(C)[n+]1C.[2H]C([2H])([2H])c1cc(C)c(-c2ccccc2C)[n+](C)c1.[2H]C([2H])([2H])c1ccc(-c2ccccc2C)[n+](C)c1C. The molecule has 80 heavy (non-hydrogen) atoms. The normalized spacial score (nSPS) is 11.9. The van der Waals surface area contributed by atoms with E-state index < -0.39 is 13.7 Å². The van der Waals surface area contributed by atoms with Gasteiger partial charge in [0.25, 0.3) is 0 Å². The molecule has 10 aromatic rings. The quantitative estimate of drug-likeness (QED) is 0.153. The summed E-state index contributed by atoms with van der Waals surface area (Å²) in [5.41, 5.74) is 29.0. The van der Waals surface area contributed by atoms with Gasteiger partial charge in [-0.3, -0.25) is 0 Å². The molecule has 0 spiro atoms. The average molecular weight is 1070 g/mol. The molecule has 0 saturated carbocycles. The Balaban J connectivity index is 0.000000172. The van der Waals surface area contributed by atoms with Gasteiger partial charge in [-0.15, -0.1) is 0 Å². The predicted molar refractivity (Wildman–Crippen MR) is 336 cm³/mol. The number of benzene rings is 5. The van der Waals surface area contributed by atoms with Gasteiger partial charge in [-0.1, -0.05) is 91.0 Å². The van der Waals surface area contributed by atoms with Crippen LogP contribution in [-0.4, -0.2) is 0 Å². The summed E-state index contributed by atoms with van der Waals surface area (Å²) in [6, 6.07) is 56.0. The van der Waals surface area contributed by atoms with E-state index in [4.69, 9.17) is 8.22 Å². The van der Waals surface area contributed by atoms with Gasteiger partial charge < -0.3 is 0 Å². The van der Waals surface area contributed by atoms with E-state index in [0.29, 0.717) is 11.1 Å². The zero-order chi connectivity index (χ0) is 63.5. The molecule has 0 fully saturated rings. The molecule has 0 aliphatic carbocycles. The van der Waals surface area contributed by atoms with Crippen LogP contribution in [0.1, 0.15) is 91.9 Å². The Hall–Kier alpha value is -8.15. The molecule has 5 nitrogen and oxygen atoms in total. The second kappa shape index (κ2) is 27.6. The van der Waals surface area contributed by atoms with Crippen molar-refractivity contribution in [3.8, 4) is 56.3 Å². The Labute approximate surface area is 490 Å². The molecule has 410 valence electrons. The highest BCUT2D eigenvalue weighted by Crippen LogP contribution is 2.26. The molecule has 5 heterocycles. The molecule has 0 bridgehead atoms. The molecule has 10 rings (SSSR count). The molecule has 0 aliphatic rings. The van der Waals surface area contributed by atoms with Gasteiger partial charge in [0.05, 0.1) is 0 Å². The fraction of sp³-hybridized carbons (Fsp3) is 0.267. The maximum atomic E-state index is 7.55. The van der Waals surface area contributed by atoms with E-state index in [1.807, 2.05) is 67.4 Å². The van der Waals surface area contributed by atoms with Crippen molar-refractivity contribution in [2.24, 2.45) is 35.2 Å². The number of rotatable bonds is 5. The lowest BCUT2D eigenvalue weighted by Gasteiger charge is -2.07. The first-order valence-electron chi connectivity index (χ1n) is 30.6. The molecule has 0 radical (unpaired) electrons. The maximum Gasteiger partial charge on any atom is 0.215 e. The Morgan fingerprint density at radius 2 is 0.613 bits per heavy atom. The second-order valence-electron chi connectivity index (χ2n) is 21.6. The Kier molecular flexibility index (Phi) is 18.1. The van der Waals surface area contributed by atoms with Crippen LogP contribution in [0, 0.1) is 104 Å². The van der Waals surface area contributed by atoms with Crippen molar-refractivity contribution in [1.29, 1.82) is 0 Å². The molecule has 0 atom stereocenters. The Morgan fingerprint density at radius 1 is 0.263 bits per heavy atom. The van der Waals surface area contributed by atoms with Crippen molar-refractivity contribution in [1.82, 2.24) is 0 Å². The van der Waals surface area contributed by atoms with Crippen molar-refractivity contribution in [3.05, 3.63) is 266 Å². The molecular formula is C75H90N5+5. The van der Waals surface area contributed by atoms with Crippen LogP contribution in [0.4, 0.5) is 0 Å². The van der Waals surface area contributed by atoms with E-state index >= 15 is 0 Å². The van der Waals surface area contributed by atoms with Crippen molar-refractivity contribution in [2.75, 3.05) is 0 Å². The minimum absolute atomic E-state index is 0.379. The minimum Gasteiger partial charge on any atom is -0.201 e. The van der Waals surface area contributed by atoms with Gasteiger partial charge in [-0.25, -0.2) is 13.7 Å². The van der Waals surface area contributed by atoms with Crippen LogP contribution >= 0.6 is 0 Å². The summed E-state index contributed by atoms with van der Waals surface area (Å²) in [5.74, 6) is 0. The van der Waals surface area contributed by atoms with Crippen LogP contribution in [0.3, 0.4) is 0 Å². The summed E-state index contributed by atoms with van der Waals surface area (Å²) in [7, 11) is 10.1. The van der Waals surface area contributed by atoms with Crippen molar-refractivity contribution in [2.45, 2.75) is 104 Å². The van der Waals surface area contributed by atoms with E-state index in [1.54, 1.807) is 18.3 Å². The van der Waals surface area contributed by atoms with E-state index in [0.717, 1.165) is 33.8 Å². The molecule has 0 N–H and O–H groups in total. The molecule has 0 saturated heterocycles. The second-order valence-corrected chi connectivity index (χ2v) is 21.6. The van der Waals surface area contributed by atoms with Crippen molar-refractivity contribution >= 4 is 0 Å². The van der Waals surface area contributed by atoms with Crippen LogP contribution in [0.2, 0.25) is 0 Å². The first kappa shape index (κ1) is 52.5. The fourth-order valence-corrected chi connectivity index (χ4v) is 10.4. The van der Waals surface area contributed by atoms with Crippen LogP contribution in [0.15, 0.2) is 182 Å². The first-order chi connectivity index (χ1) is 40.4. The summed E-state index contributed by atoms with van der Waals surface area (Å²) in [6.45, 7) is 23.2. The Bertz CT molecular complexity index is 3930. The topological polar surface area (TPSA) is 19.4 Å². The molecule has 5 aromatic heterocycles. The lowest BCUT2D eigenvalue weighted by atomic mass is 10.0. The molecule has 0 amide bonds. The number of aromatic nitrogens is 5. The fourth-order valence-electron chi connectivity index (χ4n) is 10.4. The van der Waals surface area contributed by atoms with Crippen molar-refractivity contribution in [3.63, 3.8) is 0 Å². The van der Waals surface area contributed by atoms with Crippen LogP contribution < -0.4 is 22.8 Å². The lowest BCUT2D eigenvalue weighted by Crippen LogP contribution is -2.35. The number of nitrogens with zero attached hydrogens (tertiary/aromatic N) is 5. The van der Waals surface area contributed by atoms with E-state index in [-0.39, 0.29) is 0 Å². The largest absolute Gasteiger partial charge is 0.215 e. The van der Waals surface area contributed by atoms with E-state index in [2.05, 4.69) is 245 Å². The van der Waals surface area contributed by atoms with Gasteiger partial charge in [-0.2, -0.15) is 9.13 Å². The monoisotopic (exact) mass is 1070 g/mol. The molecular weight excluding hydrogens is 971 g/mol. The predicted octanol–water partition coefficient (Wildman–Crippen LogP) is 15.5. The number of pyridine rings is 5. The molecule has 0 aliphatic heterocycles. The molecule has 5 heteroatoms. The van der Waals surface area contributed by atoms with Gasteiger partial charge in [-0.05, 0) is 178 Å². The third kappa shape index (κ3) is 14.9. The lowest BCUT2D eigenvalue weighted by molar-refractivity contribution is -0.667. The third-order valence-corrected chi connectivity index (χ3v) is 15.4. The number of aryl methyl sites for hydroxylation is 16. The average Bonchev–Trinajstić information content (AvgIpc) is 1.46. The van der Waals surface area contributed by atoms with Gasteiger partial charge in [0.2, 0.25) is 28.5 Å². The zero-order valence-corrected chi connectivity index (χ0v) is 51.1. The van der Waals surface area contributed by atoms with Crippen LogP contribution in [-0.2, 0) is 35.2 Å². The van der Waals surface area contributed by atoms with Gasteiger partial charge >= 0.3 is 0 Å². The summed E-state index contributed by atoms with van der Waals surface area (Å²) in [6.07, 6.45) is 6.06. The standard InChI is InChI=1S/5C15H18N/c2*1-11-9-13(3)15(16(4)10-11)14-8-6-5-7-12(14)2;1-11-7-5-6-8-14(11)15-9-12(2)13(3)10-16(15)4;2*1-11-9-10-15(16(4)13(11)3)14-8-6-5-7-12(14)2/h5*5-10H,1-4H3/q5*+1/i1D3;;;1D3;. The summed E-state index contributed by atoms with van der Waals surface area (Å²) in [4.78, 5) is 0. The number of hydrogen-bond donors (Lipinski definition) is 0. The van der Waals surface area contributed by atoms with E-state index in [1.165, 1.54) is 95.1 Å². The highest BCUT2D eigenvalue weighted by molar-refractivity contribution is 5.66. The molecule has 0 unspecified atom stereocenters. The third-order valence-electron chi connectivity index (χ3n) is 15.4. The number of hydrogen-bond acceptors (Lipinski definition) is 0. The summed E-state index contributed by atoms with van der Waals surface area (Å²) in [5, 5.41) is 0. The summed E-state index contributed by atoms with van der Waals surface area (Å²) >= 11 is 0. The van der Waals surface area contributed by atoms with Crippen LogP contribution in [0.25, 0.3) is 56.3 Å². The van der Waals surface area contributed by atoms with E-state index in [9.17, 15) is 0 Å².